The first kappa shape index (κ1) is 14.6. The zero-order chi connectivity index (χ0) is 13.1. The number of nitrogens with two attached hydrogens (primary N) is 1. The third-order valence-corrected chi connectivity index (χ3v) is 2.31. The molecular formula is C13H21N3O2. The second kappa shape index (κ2) is 9.58. The van der Waals surface area contributed by atoms with E-state index in [4.69, 9.17) is 10.5 Å². The number of carbonyl (C=O) groups is 1. The van der Waals surface area contributed by atoms with Crippen molar-refractivity contribution in [1.82, 2.24) is 10.6 Å². The number of hydrogen-bond donors (Lipinski definition) is 3. The molecule has 0 bridgehead atoms. The van der Waals surface area contributed by atoms with Crippen LogP contribution in [0, 0.1) is 0 Å². The molecule has 1 rings (SSSR count). The van der Waals surface area contributed by atoms with Crippen LogP contribution in [0.2, 0.25) is 0 Å². The highest BCUT2D eigenvalue weighted by Gasteiger charge is 2.01. The molecule has 0 aliphatic rings. The quantitative estimate of drug-likeness (QED) is 0.421. The molecule has 1 aromatic rings. The van der Waals surface area contributed by atoms with E-state index in [-0.39, 0.29) is 12.5 Å². The van der Waals surface area contributed by atoms with Crippen LogP contribution in [0.4, 0.5) is 0 Å². The second-order valence-electron chi connectivity index (χ2n) is 3.86. The van der Waals surface area contributed by atoms with Crippen LogP contribution in [-0.2, 0) is 16.1 Å². The predicted molar refractivity (Wildman–Crippen MR) is 71.0 cm³/mol. The van der Waals surface area contributed by atoms with Gasteiger partial charge in [0.2, 0.25) is 0 Å². The summed E-state index contributed by atoms with van der Waals surface area (Å²) in [5, 5.41) is 6.13. The molecule has 100 valence electrons. The molecule has 18 heavy (non-hydrogen) atoms. The van der Waals surface area contributed by atoms with Gasteiger partial charge < -0.3 is 21.1 Å². The van der Waals surface area contributed by atoms with Crippen LogP contribution in [0.5, 0.6) is 0 Å². The molecule has 5 nitrogen and oxygen atoms in total. The Bertz CT molecular complexity index is 330. The number of ether oxygens (including phenoxy) is 1. The van der Waals surface area contributed by atoms with E-state index in [0.29, 0.717) is 13.2 Å². The third-order valence-electron chi connectivity index (χ3n) is 2.31. The van der Waals surface area contributed by atoms with E-state index in [1.54, 1.807) is 0 Å². The smallest absolute Gasteiger partial charge is 0.320 e. The number of rotatable bonds is 9. The molecule has 0 saturated carbocycles. The van der Waals surface area contributed by atoms with Gasteiger partial charge in [-0.25, -0.2) is 0 Å². The normalized spacial score (nSPS) is 10.3. The first-order valence-corrected chi connectivity index (χ1v) is 6.14. The van der Waals surface area contributed by atoms with Crippen molar-refractivity contribution in [2.24, 2.45) is 5.73 Å². The molecule has 0 spiro atoms. The van der Waals surface area contributed by atoms with Gasteiger partial charge in [0, 0.05) is 26.2 Å². The van der Waals surface area contributed by atoms with E-state index in [1.165, 1.54) is 0 Å². The molecule has 0 atom stereocenters. The molecule has 1 aromatic carbocycles. The lowest BCUT2D eigenvalue weighted by Gasteiger charge is -2.07. The van der Waals surface area contributed by atoms with E-state index in [9.17, 15) is 4.79 Å². The summed E-state index contributed by atoms with van der Waals surface area (Å²) in [6.07, 6.45) is 0. The lowest BCUT2D eigenvalue weighted by Crippen LogP contribution is -2.33. The molecule has 0 aliphatic carbocycles. The highest BCUT2D eigenvalue weighted by Crippen LogP contribution is 2.00. The largest absolute Gasteiger partial charge is 0.460 e. The monoisotopic (exact) mass is 251 g/mol. The second-order valence-corrected chi connectivity index (χ2v) is 3.86. The van der Waals surface area contributed by atoms with Gasteiger partial charge in [0.1, 0.15) is 6.61 Å². The van der Waals surface area contributed by atoms with Crippen molar-refractivity contribution in [1.29, 1.82) is 0 Å². The number of hydrogen-bond acceptors (Lipinski definition) is 5. The summed E-state index contributed by atoms with van der Waals surface area (Å²) in [5.74, 6) is -0.238. The molecular weight excluding hydrogens is 230 g/mol. The minimum Gasteiger partial charge on any atom is -0.460 e. The summed E-state index contributed by atoms with van der Waals surface area (Å²) in [4.78, 5) is 11.4. The van der Waals surface area contributed by atoms with Gasteiger partial charge in [0.25, 0.3) is 0 Å². The van der Waals surface area contributed by atoms with Crippen molar-refractivity contribution in [3.63, 3.8) is 0 Å². The van der Waals surface area contributed by atoms with Crippen molar-refractivity contribution in [2.45, 2.75) is 6.61 Å². The molecule has 0 fully saturated rings. The van der Waals surface area contributed by atoms with Crippen LogP contribution in [0.1, 0.15) is 5.56 Å². The summed E-state index contributed by atoms with van der Waals surface area (Å²) >= 11 is 0. The van der Waals surface area contributed by atoms with E-state index < -0.39 is 0 Å². The summed E-state index contributed by atoms with van der Waals surface area (Å²) in [5.41, 5.74) is 6.33. The lowest BCUT2D eigenvalue weighted by molar-refractivity contribution is -0.143. The Morgan fingerprint density at radius 2 is 1.83 bits per heavy atom. The van der Waals surface area contributed by atoms with Crippen molar-refractivity contribution < 1.29 is 9.53 Å². The Morgan fingerprint density at radius 3 is 2.56 bits per heavy atom. The number of nitrogens with one attached hydrogen (secondary N) is 2. The van der Waals surface area contributed by atoms with Crippen LogP contribution in [0.15, 0.2) is 30.3 Å². The minimum atomic E-state index is -0.238. The van der Waals surface area contributed by atoms with Gasteiger partial charge in [-0.1, -0.05) is 30.3 Å². The summed E-state index contributed by atoms with van der Waals surface area (Å²) in [6, 6.07) is 9.63. The highest BCUT2D eigenvalue weighted by atomic mass is 16.5. The first-order valence-electron chi connectivity index (χ1n) is 6.14. The Morgan fingerprint density at radius 1 is 1.11 bits per heavy atom. The van der Waals surface area contributed by atoms with E-state index >= 15 is 0 Å². The van der Waals surface area contributed by atoms with Gasteiger partial charge in [-0.15, -0.1) is 0 Å². The van der Waals surface area contributed by atoms with E-state index in [1.807, 2.05) is 30.3 Å². The average molecular weight is 251 g/mol. The topological polar surface area (TPSA) is 76.4 Å². The van der Waals surface area contributed by atoms with E-state index in [2.05, 4.69) is 10.6 Å². The zero-order valence-corrected chi connectivity index (χ0v) is 10.5. The van der Waals surface area contributed by atoms with Crippen LogP contribution in [0.3, 0.4) is 0 Å². The molecule has 0 aliphatic heterocycles. The van der Waals surface area contributed by atoms with E-state index in [0.717, 1.165) is 25.2 Å². The van der Waals surface area contributed by atoms with Crippen molar-refractivity contribution >= 4 is 5.97 Å². The van der Waals surface area contributed by atoms with Gasteiger partial charge in [-0.05, 0) is 5.56 Å². The molecule has 0 aromatic heterocycles. The van der Waals surface area contributed by atoms with Gasteiger partial charge in [0.05, 0.1) is 6.54 Å². The Labute approximate surface area is 108 Å². The van der Waals surface area contributed by atoms with Crippen molar-refractivity contribution in [2.75, 3.05) is 32.7 Å². The number of esters is 1. The fraction of sp³-hybridized carbons (Fsp3) is 0.462. The standard InChI is InChI=1S/C13H21N3O2/c14-6-7-15-8-9-16-10-13(17)18-11-12-4-2-1-3-5-12/h1-5,15-16H,6-11,14H2. The summed E-state index contributed by atoms with van der Waals surface area (Å²) in [7, 11) is 0. The molecule has 0 saturated heterocycles. The molecule has 0 unspecified atom stereocenters. The van der Waals surface area contributed by atoms with Crippen LogP contribution in [0.25, 0.3) is 0 Å². The molecule has 0 radical (unpaired) electrons. The van der Waals surface area contributed by atoms with Crippen LogP contribution in [-0.4, -0.2) is 38.7 Å². The zero-order valence-electron chi connectivity index (χ0n) is 10.5. The Kier molecular flexibility index (Phi) is 7.79. The predicted octanol–water partition coefficient (Wildman–Crippen LogP) is -0.132. The van der Waals surface area contributed by atoms with Gasteiger partial charge >= 0.3 is 5.97 Å². The third kappa shape index (κ3) is 7.01. The summed E-state index contributed by atoms with van der Waals surface area (Å²) < 4.78 is 5.11. The van der Waals surface area contributed by atoms with Crippen molar-refractivity contribution in [3.8, 4) is 0 Å². The minimum absolute atomic E-state index is 0.233. The maximum Gasteiger partial charge on any atom is 0.320 e. The summed E-state index contributed by atoms with van der Waals surface area (Å²) in [6.45, 7) is 3.49. The number of benzene rings is 1. The fourth-order valence-corrected chi connectivity index (χ4v) is 1.38. The van der Waals surface area contributed by atoms with Gasteiger partial charge in [-0.3, -0.25) is 4.79 Å². The first-order chi connectivity index (χ1) is 8.83. The Hall–Kier alpha value is -1.43. The molecule has 5 heteroatoms. The average Bonchev–Trinajstić information content (AvgIpc) is 2.41. The lowest BCUT2D eigenvalue weighted by atomic mass is 10.2. The van der Waals surface area contributed by atoms with Crippen molar-refractivity contribution in [3.05, 3.63) is 35.9 Å². The van der Waals surface area contributed by atoms with Crippen LogP contribution < -0.4 is 16.4 Å². The number of carbonyl (C=O) groups excluding carboxylic acids is 1. The molecule has 0 heterocycles. The molecule has 0 amide bonds. The fourth-order valence-electron chi connectivity index (χ4n) is 1.38. The maximum absolute atomic E-state index is 11.4. The van der Waals surface area contributed by atoms with Gasteiger partial charge in [0.15, 0.2) is 0 Å². The van der Waals surface area contributed by atoms with Gasteiger partial charge in [-0.2, -0.15) is 0 Å². The SMILES string of the molecule is NCCNCCNCC(=O)OCc1ccccc1. The maximum atomic E-state index is 11.4. The molecule has 4 N–H and O–H groups in total. The highest BCUT2D eigenvalue weighted by molar-refractivity contribution is 5.71. The Balaban J connectivity index is 2.01. The van der Waals surface area contributed by atoms with Crippen LogP contribution >= 0.6 is 0 Å².